The molecule has 0 saturated carbocycles. The molecule has 25 heavy (non-hydrogen) atoms. The number of amides is 3. The van der Waals surface area contributed by atoms with Gasteiger partial charge in [-0.05, 0) is 37.1 Å². The first-order valence-electron chi connectivity index (χ1n) is 8.06. The van der Waals surface area contributed by atoms with Crippen LogP contribution in [0.1, 0.15) is 12.8 Å². The van der Waals surface area contributed by atoms with Crippen molar-refractivity contribution in [2.24, 2.45) is 5.92 Å². The van der Waals surface area contributed by atoms with Crippen molar-refractivity contribution in [2.75, 3.05) is 30.8 Å². The van der Waals surface area contributed by atoms with Gasteiger partial charge in [0.1, 0.15) is 5.75 Å². The number of carbonyl (C=O) groups is 2. The highest BCUT2D eigenvalue weighted by atomic mass is 32.1. The molecule has 3 amide bonds. The van der Waals surface area contributed by atoms with Crippen LogP contribution in [0.2, 0.25) is 0 Å². The number of ether oxygens (including phenoxy) is 1. The minimum atomic E-state index is -0.223. The number of carbonyl (C=O) groups excluding carboxylic acids is 2. The Kier molecular flexibility index (Phi) is 5.49. The first kappa shape index (κ1) is 17.2. The van der Waals surface area contributed by atoms with Crippen molar-refractivity contribution in [1.29, 1.82) is 0 Å². The Hall–Kier alpha value is -2.61. The van der Waals surface area contributed by atoms with Gasteiger partial charge in [-0.1, -0.05) is 0 Å². The number of piperidine rings is 1. The summed E-state index contributed by atoms with van der Waals surface area (Å²) in [7, 11) is 1.60. The van der Waals surface area contributed by atoms with E-state index in [1.807, 2.05) is 5.38 Å². The lowest BCUT2D eigenvalue weighted by Gasteiger charge is -2.31. The number of likely N-dealkylation sites (tertiary alicyclic amines) is 1. The predicted molar refractivity (Wildman–Crippen MR) is 97.1 cm³/mol. The van der Waals surface area contributed by atoms with E-state index in [-0.39, 0.29) is 17.9 Å². The molecule has 0 aliphatic carbocycles. The number of anilines is 2. The summed E-state index contributed by atoms with van der Waals surface area (Å²) >= 11 is 1.38. The van der Waals surface area contributed by atoms with Gasteiger partial charge in [-0.3, -0.25) is 4.79 Å². The fourth-order valence-electron chi connectivity index (χ4n) is 2.75. The predicted octanol–water partition coefficient (Wildman–Crippen LogP) is 3.03. The third-order valence-corrected chi connectivity index (χ3v) is 4.77. The SMILES string of the molecule is COc1ccc(NC(=O)N2CCC[C@@H](C(=O)Nc3nccs3)C2)cc1. The van der Waals surface area contributed by atoms with Gasteiger partial charge in [-0.25, -0.2) is 9.78 Å². The number of nitrogens with one attached hydrogen (secondary N) is 2. The Bertz CT molecular complexity index is 718. The molecule has 1 aliphatic heterocycles. The molecule has 1 aromatic carbocycles. The minimum absolute atomic E-state index is 0.0862. The fraction of sp³-hybridized carbons (Fsp3) is 0.353. The molecule has 1 aromatic heterocycles. The number of benzene rings is 1. The van der Waals surface area contributed by atoms with Crippen LogP contribution in [0.3, 0.4) is 0 Å². The lowest BCUT2D eigenvalue weighted by atomic mass is 9.97. The molecule has 0 spiro atoms. The molecule has 1 atom stereocenters. The van der Waals surface area contributed by atoms with Crippen LogP contribution in [0, 0.1) is 5.92 Å². The highest BCUT2D eigenvalue weighted by molar-refractivity contribution is 7.13. The van der Waals surface area contributed by atoms with E-state index in [1.165, 1.54) is 11.3 Å². The number of aromatic nitrogens is 1. The number of hydrogen-bond acceptors (Lipinski definition) is 5. The number of urea groups is 1. The quantitative estimate of drug-likeness (QED) is 0.878. The molecular weight excluding hydrogens is 340 g/mol. The molecular formula is C17H20N4O3S. The van der Waals surface area contributed by atoms with Crippen molar-refractivity contribution in [3.63, 3.8) is 0 Å². The normalized spacial score (nSPS) is 17.0. The first-order chi connectivity index (χ1) is 12.2. The molecule has 2 heterocycles. The van der Waals surface area contributed by atoms with Gasteiger partial charge in [-0.2, -0.15) is 0 Å². The maximum atomic E-state index is 12.4. The molecule has 2 N–H and O–H groups in total. The molecule has 2 aromatic rings. The summed E-state index contributed by atoms with van der Waals surface area (Å²) in [6.07, 6.45) is 3.21. The topological polar surface area (TPSA) is 83.6 Å². The Morgan fingerprint density at radius 3 is 2.76 bits per heavy atom. The van der Waals surface area contributed by atoms with E-state index in [2.05, 4.69) is 15.6 Å². The van der Waals surface area contributed by atoms with Crippen molar-refractivity contribution in [3.05, 3.63) is 35.8 Å². The lowest BCUT2D eigenvalue weighted by Crippen LogP contribution is -2.45. The van der Waals surface area contributed by atoms with Gasteiger partial charge in [0.2, 0.25) is 5.91 Å². The van der Waals surface area contributed by atoms with Crippen LogP contribution in [0.5, 0.6) is 5.75 Å². The van der Waals surface area contributed by atoms with Crippen LogP contribution >= 0.6 is 11.3 Å². The van der Waals surface area contributed by atoms with E-state index in [9.17, 15) is 9.59 Å². The second-order valence-electron chi connectivity index (χ2n) is 5.77. The summed E-state index contributed by atoms with van der Waals surface area (Å²) in [5, 5.41) is 8.07. The third-order valence-electron chi connectivity index (χ3n) is 4.08. The van der Waals surface area contributed by atoms with E-state index in [1.54, 1.807) is 42.5 Å². The van der Waals surface area contributed by atoms with E-state index < -0.39 is 0 Å². The molecule has 0 unspecified atom stereocenters. The van der Waals surface area contributed by atoms with E-state index >= 15 is 0 Å². The first-order valence-corrected chi connectivity index (χ1v) is 8.94. The summed E-state index contributed by atoms with van der Waals surface area (Å²) in [6, 6.07) is 6.95. The van der Waals surface area contributed by atoms with Crippen molar-refractivity contribution < 1.29 is 14.3 Å². The molecule has 132 valence electrons. The van der Waals surface area contributed by atoms with Crippen LogP contribution < -0.4 is 15.4 Å². The summed E-state index contributed by atoms with van der Waals surface area (Å²) in [6.45, 7) is 1.04. The van der Waals surface area contributed by atoms with Gasteiger partial charge in [-0.15, -0.1) is 11.3 Å². The second kappa shape index (κ2) is 7.98. The maximum absolute atomic E-state index is 12.4. The van der Waals surface area contributed by atoms with Crippen LogP contribution in [0.4, 0.5) is 15.6 Å². The summed E-state index contributed by atoms with van der Waals surface area (Å²) < 4.78 is 5.10. The van der Waals surface area contributed by atoms with Gasteiger partial charge in [0.05, 0.1) is 13.0 Å². The van der Waals surface area contributed by atoms with Crippen molar-refractivity contribution in [2.45, 2.75) is 12.8 Å². The Morgan fingerprint density at radius 1 is 1.28 bits per heavy atom. The highest BCUT2D eigenvalue weighted by Gasteiger charge is 2.28. The van der Waals surface area contributed by atoms with Crippen LogP contribution in [-0.2, 0) is 4.79 Å². The molecule has 0 bridgehead atoms. The van der Waals surface area contributed by atoms with Crippen LogP contribution in [-0.4, -0.2) is 42.0 Å². The average Bonchev–Trinajstić information content (AvgIpc) is 3.15. The van der Waals surface area contributed by atoms with Crippen molar-refractivity contribution >= 4 is 34.1 Å². The number of thiazole rings is 1. The number of rotatable bonds is 4. The summed E-state index contributed by atoms with van der Waals surface area (Å²) in [5.41, 5.74) is 0.695. The lowest BCUT2D eigenvalue weighted by molar-refractivity contribution is -0.121. The van der Waals surface area contributed by atoms with Gasteiger partial charge in [0.15, 0.2) is 5.13 Å². The number of methoxy groups -OCH3 is 1. The molecule has 1 saturated heterocycles. The summed E-state index contributed by atoms with van der Waals surface area (Å²) in [4.78, 5) is 30.5. The van der Waals surface area contributed by atoms with Crippen LogP contribution in [0.15, 0.2) is 35.8 Å². The third kappa shape index (κ3) is 4.48. The fourth-order valence-corrected chi connectivity index (χ4v) is 3.28. The Labute approximate surface area is 150 Å². The van der Waals surface area contributed by atoms with E-state index in [0.717, 1.165) is 18.6 Å². The molecule has 1 aliphatic rings. The highest BCUT2D eigenvalue weighted by Crippen LogP contribution is 2.21. The van der Waals surface area contributed by atoms with E-state index in [0.29, 0.717) is 23.9 Å². The number of nitrogens with zero attached hydrogens (tertiary/aromatic N) is 2. The molecule has 0 radical (unpaired) electrons. The monoisotopic (exact) mass is 360 g/mol. The van der Waals surface area contributed by atoms with E-state index in [4.69, 9.17) is 4.74 Å². The zero-order valence-electron chi connectivity index (χ0n) is 13.9. The molecule has 3 rings (SSSR count). The minimum Gasteiger partial charge on any atom is -0.497 e. The maximum Gasteiger partial charge on any atom is 0.321 e. The van der Waals surface area contributed by atoms with Gasteiger partial charge in [0.25, 0.3) is 0 Å². The second-order valence-corrected chi connectivity index (χ2v) is 6.66. The van der Waals surface area contributed by atoms with Crippen LogP contribution in [0.25, 0.3) is 0 Å². The standard InChI is InChI=1S/C17H20N4O3S/c1-24-14-6-4-13(5-7-14)19-17(23)21-9-2-3-12(11-21)15(22)20-16-18-8-10-25-16/h4-8,10,12H,2-3,9,11H2,1H3,(H,19,23)(H,18,20,22)/t12-/m1/s1. The molecule has 8 heteroatoms. The molecule has 7 nitrogen and oxygen atoms in total. The van der Waals surface area contributed by atoms with Crippen molar-refractivity contribution in [1.82, 2.24) is 9.88 Å². The van der Waals surface area contributed by atoms with Gasteiger partial charge < -0.3 is 20.3 Å². The smallest absolute Gasteiger partial charge is 0.321 e. The molecule has 1 fully saturated rings. The number of hydrogen-bond donors (Lipinski definition) is 2. The average molecular weight is 360 g/mol. The zero-order valence-corrected chi connectivity index (χ0v) is 14.7. The summed E-state index contributed by atoms with van der Waals surface area (Å²) in [5.74, 6) is 0.422. The zero-order chi connectivity index (χ0) is 17.6. The Morgan fingerprint density at radius 2 is 2.08 bits per heavy atom. The largest absolute Gasteiger partial charge is 0.497 e. The van der Waals surface area contributed by atoms with Gasteiger partial charge >= 0.3 is 6.03 Å². The van der Waals surface area contributed by atoms with Gasteiger partial charge in [0, 0.05) is 30.4 Å². The van der Waals surface area contributed by atoms with Crippen molar-refractivity contribution in [3.8, 4) is 5.75 Å². The Balaban J connectivity index is 1.56.